The van der Waals surface area contributed by atoms with Crippen LogP contribution in [-0.4, -0.2) is 37.1 Å². The van der Waals surface area contributed by atoms with Gasteiger partial charge in [0.25, 0.3) is 0 Å². The molecular weight excluding hydrogens is 190 g/mol. The van der Waals surface area contributed by atoms with E-state index in [0.717, 1.165) is 39.0 Å². The van der Waals surface area contributed by atoms with E-state index in [1.165, 1.54) is 0 Å². The van der Waals surface area contributed by atoms with E-state index in [9.17, 15) is 4.79 Å². The summed E-state index contributed by atoms with van der Waals surface area (Å²) in [5.41, 5.74) is 5.55. The zero-order valence-corrected chi connectivity index (χ0v) is 9.83. The van der Waals surface area contributed by atoms with E-state index in [1.807, 2.05) is 4.90 Å². The third-order valence-electron chi connectivity index (χ3n) is 3.12. The van der Waals surface area contributed by atoms with Gasteiger partial charge in [0.15, 0.2) is 0 Å². The zero-order valence-electron chi connectivity index (χ0n) is 9.83. The van der Waals surface area contributed by atoms with E-state index in [0.29, 0.717) is 11.8 Å². The molecule has 0 unspecified atom stereocenters. The van der Waals surface area contributed by atoms with Crippen molar-refractivity contribution in [2.45, 2.75) is 26.7 Å². The predicted octanol–water partition coefficient (Wildman–Crippen LogP) is 1.02. The number of likely N-dealkylation sites (tertiary alicyclic amines) is 1. The van der Waals surface area contributed by atoms with Gasteiger partial charge in [-0.1, -0.05) is 13.8 Å². The Morgan fingerprint density at radius 3 is 2.87 bits per heavy atom. The summed E-state index contributed by atoms with van der Waals surface area (Å²) in [7, 11) is 0. The zero-order chi connectivity index (χ0) is 11.3. The quantitative estimate of drug-likeness (QED) is 0.732. The highest BCUT2D eigenvalue weighted by Gasteiger charge is 2.31. The van der Waals surface area contributed by atoms with Crippen LogP contribution < -0.4 is 11.1 Å². The summed E-state index contributed by atoms with van der Waals surface area (Å²) in [4.78, 5) is 13.6. The molecule has 0 aromatic carbocycles. The average molecular weight is 213 g/mol. The number of nitrogens with one attached hydrogen (secondary N) is 1. The third-order valence-corrected chi connectivity index (χ3v) is 3.12. The highest BCUT2D eigenvalue weighted by atomic mass is 16.2. The van der Waals surface area contributed by atoms with Gasteiger partial charge in [0.1, 0.15) is 0 Å². The minimum Gasteiger partial charge on any atom is -0.338 e. The minimum atomic E-state index is 0.0863. The molecule has 4 nitrogen and oxygen atoms in total. The van der Waals surface area contributed by atoms with Crippen LogP contribution in [0.25, 0.3) is 0 Å². The summed E-state index contributed by atoms with van der Waals surface area (Å²) < 4.78 is 0. The van der Waals surface area contributed by atoms with Crippen LogP contribution in [0.4, 0.5) is 4.79 Å². The van der Waals surface area contributed by atoms with Crippen molar-refractivity contribution in [1.82, 2.24) is 10.2 Å². The van der Waals surface area contributed by atoms with Gasteiger partial charge < -0.3 is 16.0 Å². The number of rotatable bonds is 4. The molecule has 1 saturated heterocycles. The van der Waals surface area contributed by atoms with Crippen LogP contribution in [0.1, 0.15) is 26.7 Å². The number of hydrogen-bond donors (Lipinski definition) is 2. The van der Waals surface area contributed by atoms with Crippen LogP contribution in [0.2, 0.25) is 0 Å². The number of nitrogens with two attached hydrogens (primary N) is 1. The van der Waals surface area contributed by atoms with Crippen molar-refractivity contribution in [2.24, 2.45) is 17.6 Å². The van der Waals surface area contributed by atoms with Gasteiger partial charge in [-0.15, -0.1) is 0 Å². The van der Waals surface area contributed by atoms with Gasteiger partial charge in [0, 0.05) is 19.6 Å². The molecule has 4 heteroatoms. The molecule has 0 bridgehead atoms. The fourth-order valence-electron chi connectivity index (χ4n) is 2.13. The third kappa shape index (κ3) is 3.38. The summed E-state index contributed by atoms with van der Waals surface area (Å²) in [6.07, 6.45) is 2.01. The Hall–Kier alpha value is -0.770. The summed E-state index contributed by atoms with van der Waals surface area (Å²) in [6, 6.07) is 0.0863. The molecule has 1 aliphatic heterocycles. The monoisotopic (exact) mass is 213 g/mol. The normalized spacial score (nSPS) is 25.7. The standard InChI is InChI=1S/C11H23N3O/c1-3-6-13-11(15)14-7-9(2)10(8-14)4-5-12/h9-10H,3-8,12H2,1-2H3,(H,13,15)/t9-,10-/m1/s1. The molecule has 2 atom stereocenters. The van der Waals surface area contributed by atoms with E-state index in [2.05, 4.69) is 19.2 Å². The summed E-state index contributed by atoms with van der Waals surface area (Å²) in [5, 5.41) is 2.91. The van der Waals surface area contributed by atoms with Crippen molar-refractivity contribution >= 4 is 6.03 Å². The second kappa shape index (κ2) is 5.95. The largest absolute Gasteiger partial charge is 0.338 e. The van der Waals surface area contributed by atoms with Crippen molar-refractivity contribution in [3.63, 3.8) is 0 Å². The lowest BCUT2D eigenvalue weighted by atomic mass is 9.95. The first-order chi connectivity index (χ1) is 7.19. The topological polar surface area (TPSA) is 58.4 Å². The van der Waals surface area contributed by atoms with Crippen LogP contribution >= 0.6 is 0 Å². The minimum absolute atomic E-state index is 0.0863. The number of carbonyl (C=O) groups excluding carboxylic acids is 1. The van der Waals surface area contributed by atoms with E-state index < -0.39 is 0 Å². The first-order valence-electron chi connectivity index (χ1n) is 5.91. The lowest BCUT2D eigenvalue weighted by molar-refractivity contribution is 0.206. The fourth-order valence-corrected chi connectivity index (χ4v) is 2.13. The van der Waals surface area contributed by atoms with Crippen LogP contribution in [0.15, 0.2) is 0 Å². The molecule has 0 radical (unpaired) electrons. The van der Waals surface area contributed by atoms with E-state index in [1.54, 1.807) is 0 Å². The van der Waals surface area contributed by atoms with Crippen LogP contribution in [0, 0.1) is 11.8 Å². The van der Waals surface area contributed by atoms with Gasteiger partial charge in [-0.3, -0.25) is 0 Å². The Kier molecular flexibility index (Phi) is 4.88. The van der Waals surface area contributed by atoms with E-state index in [4.69, 9.17) is 5.73 Å². The van der Waals surface area contributed by atoms with Crippen LogP contribution in [0.5, 0.6) is 0 Å². The number of carbonyl (C=O) groups is 1. The first kappa shape index (κ1) is 12.3. The Labute approximate surface area is 92.2 Å². The molecule has 15 heavy (non-hydrogen) atoms. The van der Waals surface area contributed by atoms with Gasteiger partial charge in [-0.2, -0.15) is 0 Å². The molecule has 0 spiro atoms. The van der Waals surface area contributed by atoms with Crippen molar-refractivity contribution in [1.29, 1.82) is 0 Å². The number of amides is 2. The molecule has 1 fully saturated rings. The maximum Gasteiger partial charge on any atom is 0.317 e. The summed E-state index contributed by atoms with van der Waals surface area (Å²) in [6.45, 7) is 7.50. The van der Waals surface area contributed by atoms with E-state index in [-0.39, 0.29) is 6.03 Å². The Morgan fingerprint density at radius 2 is 2.27 bits per heavy atom. The molecule has 88 valence electrons. The van der Waals surface area contributed by atoms with Crippen molar-refractivity contribution in [2.75, 3.05) is 26.2 Å². The summed E-state index contributed by atoms with van der Waals surface area (Å²) in [5.74, 6) is 1.17. The predicted molar refractivity (Wildman–Crippen MR) is 61.6 cm³/mol. The van der Waals surface area contributed by atoms with Gasteiger partial charge >= 0.3 is 6.03 Å². The first-order valence-corrected chi connectivity index (χ1v) is 5.91. The van der Waals surface area contributed by atoms with Gasteiger partial charge in [-0.05, 0) is 31.2 Å². The number of hydrogen-bond acceptors (Lipinski definition) is 2. The van der Waals surface area contributed by atoms with Crippen molar-refractivity contribution in [3.05, 3.63) is 0 Å². The maximum absolute atomic E-state index is 11.7. The lowest BCUT2D eigenvalue weighted by Gasteiger charge is -2.16. The second-order valence-corrected chi connectivity index (χ2v) is 4.45. The number of nitrogens with zero attached hydrogens (tertiary/aromatic N) is 1. The Bertz CT molecular complexity index is 208. The average Bonchev–Trinajstić information content (AvgIpc) is 2.58. The lowest BCUT2D eigenvalue weighted by Crippen LogP contribution is -2.39. The van der Waals surface area contributed by atoms with Crippen LogP contribution in [0.3, 0.4) is 0 Å². The molecular formula is C11H23N3O. The van der Waals surface area contributed by atoms with Crippen molar-refractivity contribution < 1.29 is 4.79 Å². The van der Waals surface area contributed by atoms with Gasteiger partial charge in [0.05, 0.1) is 0 Å². The highest BCUT2D eigenvalue weighted by Crippen LogP contribution is 2.25. The molecule has 1 aliphatic rings. The molecule has 1 rings (SSSR count). The van der Waals surface area contributed by atoms with Gasteiger partial charge in [0.2, 0.25) is 0 Å². The maximum atomic E-state index is 11.7. The summed E-state index contributed by atoms with van der Waals surface area (Å²) >= 11 is 0. The molecule has 3 N–H and O–H groups in total. The molecule has 1 heterocycles. The van der Waals surface area contributed by atoms with Gasteiger partial charge in [-0.25, -0.2) is 4.79 Å². The SMILES string of the molecule is CCCNC(=O)N1C[C@@H](CCN)[C@H](C)C1. The van der Waals surface area contributed by atoms with E-state index >= 15 is 0 Å². The smallest absolute Gasteiger partial charge is 0.317 e. The molecule has 0 aromatic heterocycles. The Balaban J connectivity index is 2.36. The van der Waals surface area contributed by atoms with Crippen molar-refractivity contribution in [3.8, 4) is 0 Å². The van der Waals surface area contributed by atoms with Crippen LogP contribution in [-0.2, 0) is 0 Å². The molecule has 2 amide bonds. The molecule has 0 aromatic rings. The fraction of sp³-hybridized carbons (Fsp3) is 0.909. The molecule has 0 saturated carbocycles. The Morgan fingerprint density at radius 1 is 1.53 bits per heavy atom. The number of urea groups is 1. The highest BCUT2D eigenvalue weighted by molar-refractivity contribution is 5.74. The molecule has 0 aliphatic carbocycles. The second-order valence-electron chi connectivity index (χ2n) is 4.45.